The molecule has 1 aromatic heterocycles. The minimum absolute atomic E-state index is 0.000817. The molecular formula is C25H29NO5. The summed E-state index contributed by atoms with van der Waals surface area (Å²) in [6, 6.07) is 8.53. The van der Waals surface area contributed by atoms with E-state index in [-0.39, 0.29) is 30.0 Å². The van der Waals surface area contributed by atoms with Gasteiger partial charge in [0, 0.05) is 22.7 Å². The molecule has 1 aliphatic rings. The van der Waals surface area contributed by atoms with E-state index in [2.05, 4.69) is 6.92 Å². The molecule has 4 rings (SSSR count). The lowest BCUT2D eigenvalue weighted by Gasteiger charge is -2.34. The first-order valence-corrected chi connectivity index (χ1v) is 11.0. The summed E-state index contributed by atoms with van der Waals surface area (Å²) in [5.74, 6) is -0.545. The summed E-state index contributed by atoms with van der Waals surface area (Å²) in [5.41, 5.74) is 2.22. The average molecular weight is 424 g/mol. The van der Waals surface area contributed by atoms with Crippen LogP contribution in [0.5, 0.6) is 0 Å². The predicted octanol–water partition coefficient (Wildman–Crippen LogP) is 5.34. The number of carboxylic acids is 1. The van der Waals surface area contributed by atoms with Crippen LogP contribution in [0.1, 0.15) is 62.4 Å². The normalized spacial score (nSPS) is 19.3. The fourth-order valence-corrected chi connectivity index (χ4v) is 4.68. The molecule has 1 saturated carbocycles. The van der Waals surface area contributed by atoms with Gasteiger partial charge < -0.3 is 19.5 Å². The Morgan fingerprint density at radius 1 is 1.06 bits per heavy atom. The number of furan rings is 1. The summed E-state index contributed by atoms with van der Waals surface area (Å²) < 4.78 is 5.89. The standard InChI is InChI=1S/C25H29NO5/c1-14(2)26(24(28)17-7-4-15(3)5-8-17)21-11-19-18-9-6-16(13-27)10-22(18)31-23(19)12-20(21)25(29)30/h6,9-12,14-15,17,27H,4-5,7-8,13H2,1-3H3,(H,29,30)/t15-,17-. The van der Waals surface area contributed by atoms with Crippen molar-refractivity contribution in [3.8, 4) is 0 Å². The van der Waals surface area contributed by atoms with Gasteiger partial charge in [-0.3, -0.25) is 4.79 Å². The second kappa shape index (κ2) is 8.35. The van der Waals surface area contributed by atoms with Gasteiger partial charge >= 0.3 is 5.97 Å². The van der Waals surface area contributed by atoms with E-state index in [1.54, 1.807) is 17.0 Å². The summed E-state index contributed by atoms with van der Waals surface area (Å²) in [6.45, 7) is 5.94. The number of aliphatic hydroxyl groups is 1. The molecule has 0 radical (unpaired) electrons. The van der Waals surface area contributed by atoms with E-state index in [9.17, 15) is 19.8 Å². The van der Waals surface area contributed by atoms with Crippen LogP contribution in [0.15, 0.2) is 34.7 Å². The number of amides is 1. The minimum atomic E-state index is -1.09. The van der Waals surface area contributed by atoms with Crippen molar-refractivity contribution in [3.05, 3.63) is 41.5 Å². The zero-order valence-corrected chi connectivity index (χ0v) is 18.2. The van der Waals surface area contributed by atoms with Crippen molar-refractivity contribution < 1.29 is 24.2 Å². The lowest BCUT2D eigenvalue weighted by atomic mass is 9.82. The Morgan fingerprint density at radius 3 is 2.35 bits per heavy atom. The van der Waals surface area contributed by atoms with Gasteiger partial charge in [0.2, 0.25) is 5.91 Å². The molecule has 2 N–H and O–H groups in total. The van der Waals surface area contributed by atoms with E-state index < -0.39 is 5.97 Å². The molecule has 6 nitrogen and oxygen atoms in total. The van der Waals surface area contributed by atoms with E-state index >= 15 is 0 Å². The van der Waals surface area contributed by atoms with Crippen LogP contribution in [0, 0.1) is 11.8 Å². The molecule has 2 aromatic carbocycles. The molecule has 3 aromatic rings. The molecule has 0 atom stereocenters. The number of aliphatic hydroxyl groups excluding tert-OH is 1. The third-order valence-electron chi connectivity index (χ3n) is 6.45. The predicted molar refractivity (Wildman–Crippen MR) is 120 cm³/mol. The van der Waals surface area contributed by atoms with Crippen LogP contribution < -0.4 is 4.90 Å². The van der Waals surface area contributed by atoms with Crippen LogP contribution in [-0.4, -0.2) is 28.1 Å². The average Bonchev–Trinajstić information content (AvgIpc) is 3.10. The van der Waals surface area contributed by atoms with Gasteiger partial charge in [-0.05, 0) is 69.2 Å². The van der Waals surface area contributed by atoms with Crippen LogP contribution in [0.2, 0.25) is 0 Å². The third-order valence-corrected chi connectivity index (χ3v) is 6.45. The fourth-order valence-electron chi connectivity index (χ4n) is 4.68. The number of nitrogens with zero attached hydrogens (tertiary/aromatic N) is 1. The van der Waals surface area contributed by atoms with Gasteiger partial charge in [0.15, 0.2) is 0 Å². The molecular weight excluding hydrogens is 394 g/mol. The van der Waals surface area contributed by atoms with E-state index in [1.165, 1.54) is 6.07 Å². The van der Waals surface area contributed by atoms with Crippen molar-refractivity contribution in [2.24, 2.45) is 11.8 Å². The number of carbonyl (C=O) groups is 2. The second-order valence-corrected chi connectivity index (χ2v) is 9.02. The minimum Gasteiger partial charge on any atom is -0.478 e. The van der Waals surface area contributed by atoms with Crippen LogP contribution in [0.3, 0.4) is 0 Å². The molecule has 0 bridgehead atoms. The molecule has 1 amide bonds. The maximum Gasteiger partial charge on any atom is 0.337 e. The first kappa shape index (κ1) is 21.4. The smallest absolute Gasteiger partial charge is 0.337 e. The number of fused-ring (bicyclic) bond motifs is 3. The largest absolute Gasteiger partial charge is 0.478 e. The number of benzene rings is 2. The van der Waals surface area contributed by atoms with E-state index in [4.69, 9.17) is 4.42 Å². The van der Waals surface area contributed by atoms with Crippen molar-refractivity contribution in [1.82, 2.24) is 0 Å². The number of aromatic carboxylic acids is 1. The number of carbonyl (C=O) groups excluding carboxylic acids is 1. The lowest BCUT2D eigenvalue weighted by Crippen LogP contribution is -2.42. The van der Waals surface area contributed by atoms with Crippen molar-refractivity contribution >= 4 is 39.5 Å². The van der Waals surface area contributed by atoms with Crippen molar-refractivity contribution in [2.45, 2.75) is 59.1 Å². The highest BCUT2D eigenvalue weighted by atomic mass is 16.4. The first-order valence-electron chi connectivity index (χ1n) is 11.0. The van der Waals surface area contributed by atoms with Gasteiger partial charge in [-0.1, -0.05) is 19.1 Å². The number of carboxylic acid groups (broad SMARTS) is 1. The Bertz CT molecular complexity index is 1140. The van der Waals surface area contributed by atoms with Gasteiger partial charge in [-0.15, -0.1) is 0 Å². The Kier molecular flexibility index (Phi) is 5.75. The Labute approximate surface area is 181 Å². The number of hydrogen-bond acceptors (Lipinski definition) is 4. The van der Waals surface area contributed by atoms with Gasteiger partial charge in [0.1, 0.15) is 11.2 Å². The highest BCUT2D eigenvalue weighted by Crippen LogP contribution is 2.37. The van der Waals surface area contributed by atoms with Crippen LogP contribution >= 0.6 is 0 Å². The summed E-state index contributed by atoms with van der Waals surface area (Å²) in [7, 11) is 0. The Morgan fingerprint density at radius 2 is 1.74 bits per heavy atom. The molecule has 6 heteroatoms. The first-order chi connectivity index (χ1) is 14.8. The Balaban J connectivity index is 1.86. The van der Waals surface area contributed by atoms with E-state index in [0.29, 0.717) is 22.8 Å². The van der Waals surface area contributed by atoms with Crippen LogP contribution in [-0.2, 0) is 11.4 Å². The second-order valence-electron chi connectivity index (χ2n) is 9.02. The molecule has 0 unspecified atom stereocenters. The lowest BCUT2D eigenvalue weighted by molar-refractivity contribution is -0.123. The summed E-state index contributed by atoms with van der Waals surface area (Å²) in [4.78, 5) is 27.3. The maximum absolute atomic E-state index is 13.5. The molecule has 0 aliphatic heterocycles. The van der Waals surface area contributed by atoms with Crippen molar-refractivity contribution in [2.75, 3.05) is 4.90 Å². The third kappa shape index (κ3) is 3.92. The van der Waals surface area contributed by atoms with Gasteiger partial charge in [0.25, 0.3) is 0 Å². The van der Waals surface area contributed by atoms with E-state index in [0.717, 1.165) is 42.0 Å². The monoisotopic (exact) mass is 423 g/mol. The van der Waals surface area contributed by atoms with Crippen LogP contribution in [0.25, 0.3) is 21.9 Å². The highest BCUT2D eigenvalue weighted by Gasteiger charge is 2.32. The molecule has 0 saturated heterocycles. The fraction of sp³-hybridized carbons (Fsp3) is 0.440. The quantitative estimate of drug-likeness (QED) is 0.578. The number of hydrogen-bond donors (Lipinski definition) is 2. The summed E-state index contributed by atoms with van der Waals surface area (Å²) >= 11 is 0. The van der Waals surface area contributed by atoms with Gasteiger partial charge in [-0.2, -0.15) is 0 Å². The maximum atomic E-state index is 13.5. The summed E-state index contributed by atoms with van der Waals surface area (Å²) in [5, 5.41) is 20.9. The molecule has 1 aliphatic carbocycles. The molecule has 0 spiro atoms. The summed E-state index contributed by atoms with van der Waals surface area (Å²) in [6.07, 6.45) is 3.72. The topological polar surface area (TPSA) is 91.0 Å². The highest BCUT2D eigenvalue weighted by molar-refractivity contribution is 6.12. The number of rotatable bonds is 5. The van der Waals surface area contributed by atoms with Gasteiger partial charge in [-0.25, -0.2) is 4.79 Å². The molecule has 31 heavy (non-hydrogen) atoms. The molecule has 1 heterocycles. The van der Waals surface area contributed by atoms with Crippen molar-refractivity contribution in [3.63, 3.8) is 0 Å². The molecule has 164 valence electrons. The zero-order chi connectivity index (χ0) is 22.3. The van der Waals surface area contributed by atoms with Crippen LogP contribution in [0.4, 0.5) is 5.69 Å². The van der Waals surface area contributed by atoms with E-state index in [1.807, 2.05) is 26.0 Å². The Hall–Kier alpha value is -2.86. The number of anilines is 1. The molecule has 1 fully saturated rings. The van der Waals surface area contributed by atoms with Gasteiger partial charge in [0.05, 0.1) is 17.9 Å². The SMILES string of the molecule is CC(C)N(c1cc2c(cc1C(=O)O)oc1cc(CO)ccc12)C(=O)[C@H]1CC[C@H](C)CC1. The zero-order valence-electron chi connectivity index (χ0n) is 18.2. The van der Waals surface area contributed by atoms with Crippen molar-refractivity contribution in [1.29, 1.82) is 0 Å².